The van der Waals surface area contributed by atoms with Crippen molar-refractivity contribution in [3.05, 3.63) is 279 Å². The second kappa shape index (κ2) is 23.7. The molecule has 14 aromatic rings. The van der Waals surface area contributed by atoms with Gasteiger partial charge in [-0.05, 0) is 145 Å². The first-order valence-electron chi connectivity index (χ1n) is 27.9. The Balaban J connectivity index is 0.000000147. The van der Waals surface area contributed by atoms with Crippen molar-refractivity contribution >= 4 is 46.1 Å². The highest BCUT2D eigenvalue weighted by Gasteiger charge is 2.38. The van der Waals surface area contributed by atoms with Crippen LogP contribution < -0.4 is 11.2 Å². The molecule has 432 valence electrons. The molecule has 0 fully saturated rings. The maximum atomic E-state index is 9.04. The zero-order valence-electron chi connectivity index (χ0n) is 47.4. The van der Waals surface area contributed by atoms with E-state index >= 15 is 0 Å². The molecule has 7 heterocycles. The van der Waals surface area contributed by atoms with E-state index in [2.05, 4.69) is 174 Å². The van der Waals surface area contributed by atoms with E-state index in [1.807, 2.05) is 114 Å². The number of aromatic nitrogens is 7. The number of imidazole rings is 3. The summed E-state index contributed by atoms with van der Waals surface area (Å²) in [4.78, 5) is 18.6. The van der Waals surface area contributed by atoms with Gasteiger partial charge in [0.15, 0.2) is 0 Å². The predicted octanol–water partition coefficient (Wildman–Crippen LogP) is 17.1. The molecule has 10 nitrogen and oxygen atoms in total. The van der Waals surface area contributed by atoms with Crippen LogP contribution in [0.15, 0.2) is 250 Å². The molecule has 7 aromatic heterocycles. The second-order valence-electron chi connectivity index (χ2n) is 22.6. The third-order valence-corrected chi connectivity index (χ3v) is 16.7. The van der Waals surface area contributed by atoms with Crippen molar-refractivity contribution in [3.8, 4) is 78.3 Å². The van der Waals surface area contributed by atoms with Crippen molar-refractivity contribution in [2.45, 2.75) is 60.8 Å². The van der Waals surface area contributed by atoms with E-state index in [0.717, 1.165) is 61.9 Å². The van der Waals surface area contributed by atoms with Gasteiger partial charge in [0.1, 0.15) is 16.9 Å². The van der Waals surface area contributed by atoms with Crippen LogP contribution in [0.25, 0.3) is 106 Å². The number of benzene rings is 7. The van der Waals surface area contributed by atoms with Gasteiger partial charge in [0.05, 0.1) is 22.6 Å². The fraction of sp³-hybridized carbons (Fsp3) is 0.118. The Morgan fingerprint density at radius 3 is 1.25 bits per heavy atom. The van der Waals surface area contributed by atoms with Crippen molar-refractivity contribution in [2.75, 3.05) is 5.73 Å². The van der Waals surface area contributed by atoms with Crippen LogP contribution in [0.2, 0.25) is 0 Å². The van der Waals surface area contributed by atoms with Crippen molar-refractivity contribution < 1.29 is 10.0 Å². The van der Waals surface area contributed by atoms with Crippen LogP contribution in [0.1, 0.15) is 72.2 Å². The SMILES string of the molecule is C.C.C.CC1(C)c2cc(-c3ccc(-c4cn5ccccc5n4)cc3)ccc2-c2ccc3ncccc3c21.CC1(C)c2cc(N)ccc2-c2ccc(-c3ccc(-c4cn5ccccc5n4)cc3)cc21.OB(O)c1ccc(-c2cn3ccccc3n2)cc1.[CH3-]. The average Bonchev–Trinajstić information content (AvgIpc) is 1.60. The van der Waals surface area contributed by atoms with Crippen LogP contribution in [0.3, 0.4) is 0 Å². The molecule has 2 aliphatic rings. The highest BCUT2D eigenvalue weighted by Crippen LogP contribution is 2.53. The molecule has 0 atom stereocenters. The smallest absolute Gasteiger partial charge is 0.423 e. The van der Waals surface area contributed by atoms with Gasteiger partial charge in [0, 0.05) is 82.0 Å². The zero-order chi connectivity index (χ0) is 56.6. The topological polar surface area (TPSA) is 131 Å². The van der Waals surface area contributed by atoms with Crippen LogP contribution in [-0.2, 0) is 10.8 Å². The standard InChI is InChI=1S/C31H23N3.C28H23N3.C13H11BN2O2.3CH4.CH3/c1-31(2)26-18-22(12-13-23(26)24-14-15-27-25(30(24)31)6-5-16-32-27)20-8-10-21(11-9-20)28-19-34-17-4-3-7-29(34)33-28;1-28(2)24-15-20(10-12-22(24)23-13-11-21(29)16-25(23)28)18-6-8-19(9-7-18)26-17-31-14-4-3-5-27(31)30-26;17-14(18)11-6-4-10(5-7-11)12-9-16-8-2-1-3-13(16)15-12;;;;/h3-19H,1-2H3;3-17H,29H2,1-2H3;1-9,17-18H;3*1H4;1H3/q;;;;;;-1. The molecule has 0 aliphatic heterocycles. The van der Waals surface area contributed by atoms with E-state index in [1.54, 1.807) is 12.1 Å². The van der Waals surface area contributed by atoms with Gasteiger partial charge in [0.2, 0.25) is 0 Å². The number of fused-ring (bicyclic) bond motifs is 11. The Morgan fingerprint density at radius 1 is 0.402 bits per heavy atom. The number of hydrogen-bond donors (Lipinski definition) is 3. The summed E-state index contributed by atoms with van der Waals surface area (Å²) in [7, 11) is -1.43. The molecule has 0 bridgehead atoms. The molecule has 16 rings (SSSR count). The third kappa shape index (κ3) is 10.8. The first-order valence-corrected chi connectivity index (χ1v) is 27.9. The minimum atomic E-state index is -1.43. The molecule has 87 heavy (non-hydrogen) atoms. The van der Waals surface area contributed by atoms with Crippen molar-refractivity contribution in [2.24, 2.45) is 0 Å². The minimum absolute atomic E-state index is 0. The molecule has 0 spiro atoms. The maximum Gasteiger partial charge on any atom is 0.488 e. The van der Waals surface area contributed by atoms with Gasteiger partial charge in [0.25, 0.3) is 0 Å². The van der Waals surface area contributed by atoms with Crippen LogP contribution in [0.5, 0.6) is 0 Å². The van der Waals surface area contributed by atoms with E-state index in [9.17, 15) is 0 Å². The number of nitrogens with zero attached hydrogens (tertiary/aromatic N) is 7. The number of nitrogens with two attached hydrogens (primary N) is 1. The predicted molar refractivity (Wildman–Crippen MR) is 364 cm³/mol. The Bertz CT molecular complexity index is 4690. The van der Waals surface area contributed by atoms with E-state index in [4.69, 9.17) is 25.7 Å². The van der Waals surface area contributed by atoms with Crippen molar-refractivity contribution in [1.82, 2.24) is 33.1 Å². The molecule has 4 N–H and O–H groups in total. The molecule has 7 aromatic carbocycles. The number of anilines is 1. The van der Waals surface area contributed by atoms with E-state index < -0.39 is 7.12 Å². The van der Waals surface area contributed by atoms with Gasteiger partial charge in [-0.2, -0.15) is 0 Å². The summed E-state index contributed by atoms with van der Waals surface area (Å²) in [6.07, 6.45) is 14.0. The molecule has 0 saturated heterocycles. The molecule has 2 aliphatic carbocycles. The van der Waals surface area contributed by atoms with Gasteiger partial charge in [-0.15, -0.1) is 0 Å². The van der Waals surface area contributed by atoms with Crippen LogP contribution in [0.4, 0.5) is 5.69 Å². The first-order chi connectivity index (χ1) is 40.3. The monoisotopic (exact) mass is 1140 g/mol. The molecular formula is C76H72BN8O2-. The normalized spacial score (nSPS) is 12.6. The lowest BCUT2D eigenvalue weighted by atomic mass is 9.80. The lowest BCUT2D eigenvalue weighted by molar-refractivity contribution is 0.426. The van der Waals surface area contributed by atoms with E-state index in [1.165, 1.54) is 72.1 Å². The molecular weight excluding hydrogens is 1070 g/mol. The van der Waals surface area contributed by atoms with Crippen LogP contribution in [-0.4, -0.2) is 50.3 Å². The number of nitrogen functional groups attached to an aromatic ring is 1. The maximum absolute atomic E-state index is 9.04. The Labute approximate surface area is 510 Å². The van der Waals surface area contributed by atoms with Crippen LogP contribution >= 0.6 is 0 Å². The number of pyridine rings is 4. The summed E-state index contributed by atoms with van der Waals surface area (Å²) in [5.41, 5.74) is 32.7. The molecule has 0 radical (unpaired) electrons. The fourth-order valence-corrected chi connectivity index (χ4v) is 12.3. The summed E-state index contributed by atoms with van der Waals surface area (Å²) in [6, 6.07) is 71.0. The Morgan fingerprint density at radius 2 is 0.793 bits per heavy atom. The minimum Gasteiger partial charge on any atom is -0.423 e. The lowest BCUT2D eigenvalue weighted by Gasteiger charge is -2.23. The second-order valence-corrected chi connectivity index (χ2v) is 22.6. The Kier molecular flexibility index (Phi) is 16.3. The molecule has 0 unspecified atom stereocenters. The molecule has 0 saturated carbocycles. The fourth-order valence-electron chi connectivity index (χ4n) is 12.3. The van der Waals surface area contributed by atoms with Crippen molar-refractivity contribution in [1.29, 1.82) is 0 Å². The van der Waals surface area contributed by atoms with E-state index in [-0.39, 0.29) is 40.5 Å². The van der Waals surface area contributed by atoms with Gasteiger partial charge in [-0.25, -0.2) is 15.0 Å². The highest BCUT2D eigenvalue weighted by molar-refractivity contribution is 6.58. The van der Waals surface area contributed by atoms with Gasteiger partial charge in [-0.3, -0.25) is 4.98 Å². The van der Waals surface area contributed by atoms with E-state index in [0.29, 0.717) is 5.46 Å². The van der Waals surface area contributed by atoms with Crippen LogP contribution in [0, 0.1) is 7.43 Å². The molecule has 0 amide bonds. The quantitative estimate of drug-likeness (QED) is 0.0858. The van der Waals surface area contributed by atoms with Gasteiger partial charge >= 0.3 is 7.12 Å². The zero-order valence-corrected chi connectivity index (χ0v) is 47.4. The molecule has 11 heteroatoms. The van der Waals surface area contributed by atoms with Gasteiger partial charge in [-0.1, -0.05) is 183 Å². The average molecular weight is 1140 g/mol. The summed E-state index contributed by atoms with van der Waals surface area (Å²) < 4.78 is 6.06. The lowest BCUT2D eigenvalue weighted by Crippen LogP contribution is -2.29. The first kappa shape index (κ1) is 59.9. The van der Waals surface area contributed by atoms with Crippen molar-refractivity contribution in [3.63, 3.8) is 0 Å². The number of hydrogen-bond acceptors (Lipinski definition) is 7. The Hall–Kier alpha value is -10.2. The summed E-state index contributed by atoms with van der Waals surface area (Å²) >= 11 is 0. The summed E-state index contributed by atoms with van der Waals surface area (Å²) in [5, 5.41) is 19.3. The largest absolute Gasteiger partial charge is 0.488 e. The third-order valence-electron chi connectivity index (χ3n) is 16.7. The summed E-state index contributed by atoms with van der Waals surface area (Å²) in [6.45, 7) is 9.24. The van der Waals surface area contributed by atoms with Gasteiger partial charge < -0.3 is 36.4 Å². The summed E-state index contributed by atoms with van der Waals surface area (Å²) in [5.74, 6) is 0. The number of rotatable bonds is 6. The highest BCUT2D eigenvalue weighted by atomic mass is 16.4.